The van der Waals surface area contributed by atoms with E-state index in [1.165, 1.54) is 12.3 Å². The van der Waals surface area contributed by atoms with Crippen molar-refractivity contribution in [2.75, 3.05) is 0 Å². The number of nitro groups is 1. The highest BCUT2D eigenvalue weighted by Crippen LogP contribution is 2.20. The molecule has 1 rings (SSSR count). The van der Waals surface area contributed by atoms with Crippen molar-refractivity contribution in [3.05, 3.63) is 27.8 Å². The third kappa shape index (κ3) is 1.19. The molecule has 0 aliphatic rings. The Kier molecular flexibility index (Phi) is 1.77. The molecular formula is C5H4N2O2S. The minimum absolute atomic E-state index is 0.0881. The maximum absolute atomic E-state index is 10.0. The molecule has 0 amide bonds. The second-order valence-corrected chi connectivity index (χ2v) is 2.55. The summed E-state index contributed by atoms with van der Waals surface area (Å²) < 4.78 is 0. The first-order valence-corrected chi connectivity index (χ1v) is 3.28. The fourth-order valence-corrected chi connectivity index (χ4v) is 1.04. The highest BCUT2D eigenvalue weighted by Gasteiger charge is 2.09. The van der Waals surface area contributed by atoms with Crippen LogP contribution in [0.4, 0.5) is 5.13 Å². The normalized spacial score (nSPS) is 9.20. The fraction of sp³-hybridized carbons (Fsp3) is 0. The number of rotatable bonds is 2. The van der Waals surface area contributed by atoms with Gasteiger partial charge in [0, 0.05) is 0 Å². The number of thiazole rings is 1. The van der Waals surface area contributed by atoms with Crippen molar-refractivity contribution in [3.8, 4) is 0 Å². The second kappa shape index (κ2) is 2.57. The predicted octanol–water partition coefficient (Wildman–Crippen LogP) is 1.69. The molecule has 0 unspecified atom stereocenters. The Balaban J connectivity index is 2.98. The van der Waals surface area contributed by atoms with Crippen molar-refractivity contribution >= 4 is 22.5 Å². The molecule has 1 aromatic heterocycles. The van der Waals surface area contributed by atoms with E-state index >= 15 is 0 Å². The summed E-state index contributed by atoms with van der Waals surface area (Å²) in [6.45, 7) is 3.45. The average Bonchev–Trinajstić information content (AvgIpc) is 2.34. The maximum Gasteiger partial charge on any atom is 0.423 e. The minimum Gasteiger partial charge on any atom is -0.357 e. The first kappa shape index (κ1) is 6.88. The number of nitrogens with zero attached hydrogens (tertiary/aromatic N) is 2. The van der Waals surface area contributed by atoms with Crippen LogP contribution in [0.25, 0.3) is 6.08 Å². The van der Waals surface area contributed by atoms with Gasteiger partial charge < -0.3 is 10.1 Å². The molecule has 0 atom stereocenters. The summed E-state index contributed by atoms with van der Waals surface area (Å²) >= 11 is 1.01. The summed E-state index contributed by atoms with van der Waals surface area (Å²) in [5.41, 5.74) is 0. The molecule has 1 aromatic rings. The minimum atomic E-state index is -0.516. The summed E-state index contributed by atoms with van der Waals surface area (Å²) in [5, 5.41) is 9.96. The van der Waals surface area contributed by atoms with Crippen molar-refractivity contribution in [1.82, 2.24) is 4.98 Å². The van der Waals surface area contributed by atoms with Gasteiger partial charge in [0.1, 0.15) is 0 Å². The van der Waals surface area contributed by atoms with E-state index in [1.54, 1.807) is 0 Å². The van der Waals surface area contributed by atoms with Crippen LogP contribution in [0.5, 0.6) is 0 Å². The molecule has 0 saturated heterocycles. The Morgan fingerprint density at radius 3 is 2.90 bits per heavy atom. The van der Waals surface area contributed by atoms with Gasteiger partial charge in [-0.25, -0.2) is 0 Å². The first-order valence-electron chi connectivity index (χ1n) is 2.46. The van der Waals surface area contributed by atoms with Crippen LogP contribution in [0, 0.1) is 10.1 Å². The number of aromatic nitrogens is 1. The Morgan fingerprint density at radius 1 is 1.90 bits per heavy atom. The summed E-state index contributed by atoms with van der Waals surface area (Å²) in [5.74, 6) is 0. The van der Waals surface area contributed by atoms with Crippen molar-refractivity contribution in [2.45, 2.75) is 0 Å². The smallest absolute Gasteiger partial charge is 0.357 e. The zero-order chi connectivity index (χ0) is 7.56. The van der Waals surface area contributed by atoms with Crippen LogP contribution >= 0.6 is 11.3 Å². The van der Waals surface area contributed by atoms with Gasteiger partial charge >= 0.3 is 5.13 Å². The molecule has 5 heteroatoms. The molecule has 0 aliphatic heterocycles. The van der Waals surface area contributed by atoms with Gasteiger partial charge in [-0.3, -0.25) is 0 Å². The molecule has 0 saturated carbocycles. The van der Waals surface area contributed by atoms with E-state index in [0.29, 0.717) is 4.88 Å². The van der Waals surface area contributed by atoms with E-state index in [4.69, 9.17) is 0 Å². The van der Waals surface area contributed by atoms with Crippen LogP contribution in [-0.4, -0.2) is 9.91 Å². The zero-order valence-corrected chi connectivity index (χ0v) is 5.80. The van der Waals surface area contributed by atoms with Gasteiger partial charge in [0.2, 0.25) is 0 Å². The van der Waals surface area contributed by atoms with Crippen LogP contribution in [0.3, 0.4) is 0 Å². The summed E-state index contributed by atoms with van der Waals surface area (Å²) in [6.07, 6.45) is 2.96. The Morgan fingerprint density at radius 2 is 2.60 bits per heavy atom. The van der Waals surface area contributed by atoms with Gasteiger partial charge in [-0.1, -0.05) is 6.58 Å². The molecule has 1 heterocycles. The molecule has 0 fully saturated rings. The quantitative estimate of drug-likeness (QED) is 0.483. The third-order valence-electron chi connectivity index (χ3n) is 0.869. The molecule has 0 radical (unpaired) electrons. The van der Waals surface area contributed by atoms with E-state index in [0.717, 1.165) is 11.3 Å². The van der Waals surface area contributed by atoms with Gasteiger partial charge in [0.05, 0.1) is 4.88 Å². The molecule has 0 aromatic carbocycles. The lowest BCUT2D eigenvalue weighted by Crippen LogP contribution is -1.83. The lowest BCUT2D eigenvalue weighted by Gasteiger charge is -1.81. The molecule has 4 nitrogen and oxygen atoms in total. The molecule has 52 valence electrons. The van der Waals surface area contributed by atoms with Crippen molar-refractivity contribution in [3.63, 3.8) is 0 Å². The Labute approximate surface area is 61.0 Å². The molecular weight excluding hydrogens is 152 g/mol. The van der Waals surface area contributed by atoms with Crippen molar-refractivity contribution < 1.29 is 4.92 Å². The van der Waals surface area contributed by atoms with Gasteiger partial charge in [-0.15, -0.1) is 0 Å². The SMILES string of the molecule is C=Cc1cnc([N+](=O)[O-])s1. The van der Waals surface area contributed by atoms with E-state index in [-0.39, 0.29) is 5.13 Å². The third-order valence-corrected chi connectivity index (χ3v) is 1.81. The van der Waals surface area contributed by atoms with Crippen LogP contribution in [0.2, 0.25) is 0 Å². The Bertz CT molecular complexity index is 268. The lowest BCUT2D eigenvalue weighted by atomic mass is 10.6. The van der Waals surface area contributed by atoms with Gasteiger partial charge in [-0.2, -0.15) is 0 Å². The van der Waals surface area contributed by atoms with Crippen LogP contribution in [-0.2, 0) is 0 Å². The van der Waals surface area contributed by atoms with E-state index in [2.05, 4.69) is 11.6 Å². The average molecular weight is 156 g/mol. The largest absolute Gasteiger partial charge is 0.423 e. The van der Waals surface area contributed by atoms with E-state index in [9.17, 15) is 10.1 Å². The molecule has 0 aliphatic carbocycles. The monoisotopic (exact) mass is 156 g/mol. The summed E-state index contributed by atoms with van der Waals surface area (Å²) in [6, 6.07) is 0. The number of hydrogen-bond acceptors (Lipinski definition) is 4. The first-order chi connectivity index (χ1) is 4.74. The number of hydrogen-bond donors (Lipinski definition) is 0. The van der Waals surface area contributed by atoms with Crippen molar-refractivity contribution in [2.24, 2.45) is 0 Å². The summed E-state index contributed by atoms with van der Waals surface area (Å²) in [4.78, 5) is 13.8. The van der Waals surface area contributed by atoms with E-state index in [1.807, 2.05) is 0 Å². The molecule has 0 spiro atoms. The summed E-state index contributed by atoms with van der Waals surface area (Å²) in [7, 11) is 0. The maximum atomic E-state index is 10.0. The molecule has 10 heavy (non-hydrogen) atoms. The Hall–Kier alpha value is -1.23. The lowest BCUT2D eigenvalue weighted by molar-refractivity contribution is -0.384. The predicted molar refractivity (Wildman–Crippen MR) is 38.9 cm³/mol. The van der Waals surface area contributed by atoms with Crippen LogP contribution < -0.4 is 0 Å². The topological polar surface area (TPSA) is 56.0 Å². The molecule has 0 bridgehead atoms. The van der Waals surface area contributed by atoms with E-state index < -0.39 is 4.92 Å². The van der Waals surface area contributed by atoms with Gasteiger partial charge in [0.25, 0.3) is 0 Å². The highest BCUT2D eigenvalue weighted by molar-refractivity contribution is 7.15. The standard InChI is InChI=1S/C5H4N2O2S/c1-2-4-3-6-5(10-4)7(8)9/h2-3H,1H2. The molecule has 0 N–H and O–H groups in total. The fourth-order valence-electron chi connectivity index (χ4n) is 0.456. The highest BCUT2D eigenvalue weighted by atomic mass is 32.1. The zero-order valence-electron chi connectivity index (χ0n) is 4.98. The second-order valence-electron chi connectivity index (χ2n) is 1.51. The van der Waals surface area contributed by atoms with Gasteiger partial charge in [-0.05, 0) is 27.3 Å². The van der Waals surface area contributed by atoms with Crippen LogP contribution in [0.1, 0.15) is 4.88 Å². The van der Waals surface area contributed by atoms with Crippen molar-refractivity contribution in [1.29, 1.82) is 0 Å². The van der Waals surface area contributed by atoms with Gasteiger partial charge in [0.15, 0.2) is 6.20 Å². The van der Waals surface area contributed by atoms with Crippen LogP contribution in [0.15, 0.2) is 12.8 Å².